The predicted molar refractivity (Wildman–Crippen MR) is 145 cm³/mol. The van der Waals surface area contributed by atoms with Crippen molar-refractivity contribution in [1.82, 2.24) is 4.98 Å². The van der Waals surface area contributed by atoms with Crippen LogP contribution in [-0.4, -0.2) is 33.0 Å². The van der Waals surface area contributed by atoms with E-state index >= 15 is 0 Å². The van der Waals surface area contributed by atoms with Gasteiger partial charge in [0.05, 0.1) is 23.5 Å². The van der Waals surface area contributed by atoms with Gasteiger partial charge in [0, 0.05) is 21.7 Å². The molecule has 0 aliphatic heterocycles. The Labute approximate surface area is 219 Å². The van der Waals surface area contributed by atoms with Crippen molar-refractivity contribution in [3.8, 4) is 17.0 Å². The number of nitrogens with zero attached hydrogens (tertiary/aromatic N) is 2. The molecule has 36 heavy (non-hydrogen) atoms. The highest BCUT2D eigenvalue weighted by molar-refractivity contribution is 7.93. The number of sulfonamides is 1. The van der Waals surface area contributed by atoms with Crippen molar-refractivity contribution >= 4 is 50.2 Å². The van der Waals surface area contributed by atoms with Gasteiger partial charge in [-0.1, -0.05) is 29.8 Å². The van der Waals surface area contributed by atoms with Gasteiger partial charge < -0.3 is 10.1 Å². The number of aromatic nitrogens is 1. The molecule has 7 nitrogen and oxygen atoms in total. The second-order valence-electron chi connectivity index (χ2n) is 8.02. The lowest BCUT2D eigenvalue weighted by atomic mass is 10.1. The van der Waals surface area contributed by atoms with Gasteiger partial charge in [-0.25, -0.2) is 13.4 Å². The van der Waals surface area contributed by atoms with Crippen molar-refractivity contribution < 1.29 is 17.9 Å². The summed E-state index contributed by atoms with van der Waals surface area (Å²) in [6.07, 6.45) is 0. The minimum atomic E-state index is -4.17. The summed E-state index contributed by atoms with van der Waals surface area (Å²) in [5.41, 5.74) is 3.23. The van der Waals surface area contributed by atoms with E-state index in [9.17, 15) is 13.2 Å². The van der Waals surface area contributed by atoms with Crippen LogP contribution in [0.25, 0.3) is 11.3 Å². The summed E-state index contributed by atoms with van der Waals surface area (Å²) in [5, 5.41) is 6.14. The lowest BCUT2D eigenvalue weighted by Crippen LogP contribution is -2.38. The third-order valence-electron chi connectivity index (χ3n) is 5.35. The topological polar surface area (TPSA) is 88.6 Å². The summed E-state index contributed by atoms with van der Waals surface area (Å²) >= 11 is 7.56. The largest absolute Gasteiger partial charge is 0.495 e. The molecule has 1 aromatic heterocycles. The molecule has 0 fully saturated rings. The number of carbonyl (C=O) groups is 1. The van der Waals surface area contributed by atoms with E-state index in [-0.39, 0.29) is 10.6 Å². The fourth-order valence-electron chi connectivity index (χ4n) is 3.61. The van der Waals surface area contributed by atoms with Crippen LogP contribution in [0.1, 0.15) is 10.6 Å². The first-order chi connectivity index (χ1) is 17.2. The van der Waals surface area contributed by atoms with Crippen LogP contribution < -0.4 is 14.4 Å². The van der Waals surface area contributed by atoms with Crippen LogP contribution in [0.15, 0.2) is 77.0 Å². The molecule has 0 radical (unpaired) electrons. The molecule has 0 unspecified atom stereocenters. The van der Waals surface area contributed by atoms with Gasteiger partial charge in [-0.05, 0) is 67.9 Å². The van der Waals surface area contributed by atoms with Gasteiger partial charge >= 0.3 is 0 Å². The predicted octanol–water partition coefficient (Wildman–Crippen LogP) is 5.92. The van der Waals surface area contributed by atoms with Crippen LogP contribution in [0.2, 0.25) is 5.02 Å². The number of rotatable bonds is 8. The Morgan fingerprint density at radius 3 is 2.50 bits per heavy atom. The molecular formula is C26H24ClN3O4S2. The zero-order valence-corrected chi connectivity index (χ0v) is 22.2. The van der Waals surface area contributed by atoms with E-state index in [4.69, 9.17) is 16.3 Å². The van der Waals surface area contributed by atoms with Crippen LogP contribution in [-0.2, 0) is 14.8 Å². The molecule has 0 aliphatic carbocycles. The number of anilines is 2. The molecular weight excluding hydrogens is 518 g/mol. The van der Waals surface area contributed by atoms with Crippen LogP contribution in [0.4, 0.5) is 11.4 Å². The number of nitrogens with one attached hydrogen (secondary N) is 1. The molecule has 4 rings (SSSR count). The Hall–Kier alpha value is -3.40. The molecule has 0 atom stereocenters. The molecule has 1 heterocycles. The lowest BCUT2D eigenvalue weighted by molar-refractivity contribution is -0.114. The Kier molecular flexibility index (Phi) is 7.63. The zero-order chi connectivity index (χ0) is 25.9. The van der Waals surface area contributed by atoms with E-state index < -0.39 is 22.5 Å². The van der Waals surface area contributed by atoms with Gasteiger partial charge in [-0.2, -0.15) is 0 Å². The first-order valence-corrected chi connectivity index (χ1v) is 13.6. The molecule has 0 saturated carbocycles. The number of hydrogen-bond donors (Lipinski definition) is 1. The molecule has 0 aliphatic rings. The SMILES string of the molecule is COc1ccc(C)cc1S(=O)(=O)N(CC(=O)Nc1cccc(-c2csc(C)n2)c1)c1ccc(Cl)cc1. The standard InChI is InChI=1S/C26H24ClN3O4S2/c1-17-7-12-24(34-3)25(13-17)36(32,33)30(22-10-8-20(27)9-11-22)15-26(31)29-21-6-4-5-19(14-21)23-16-35-18(2)28-23/h4-14,16H,15H2,1-3H3,(H,29,31). The molecule has 0 saturated heterocycles. The van der Waals surface area contributed by atoms with Crippen LogP contribution in [0.3, 0.4) is 0 Å². The summed E-state index contributed by atoms with van der Waals surface area (Å²) in [6.45, 7) is 3.25. The van der Waals surface area contributed by atoms with Gasteiger partial charge in [0.15, 0.2) is 0 Å². The van der Waals surface area contributed by atoms with E-state index in [1.165, 1.54) is 24.5 Å². The minimum absolute atomic E-state index is 0.0337. The van der Waals surface area contributed by atoms with Crippen molar-refractivity contribution in [2.45, 2.75) is 18.7 Å². The molecule has 0 spiro atoms. The number of aryl methyl sites for hydroxylation is 2. The third kappa shape index (κ3) is 5.70. The third-order valence-corrected chi connectivity index (χ3v) is 8.17. The number of benzene rings is 3. The second-order valence-corrected chi connectivity index (χ2v) is 11.4. The summed E-state index contributed by atoms with van der Waals surface area (Å²) < 4.78 is 34.0. The normalized spacial score (nSPS) is 11.2. The zero-order valence-electron chi connectivity index (χ0n) is 19.9. The molecule has 10 heteroatoms. The minimum Gasteiger partial charge on any atom is -0.495 e. The van der Waals surface area contributed by atoms with Crippen molar-refractivity contribution in [3.05, 3.63) is 87.7 Å². The van der Waals surface area contributed by atoms with E-state index in [1.54, 1.807) is 55.5 Å². The average Bonchev–Trinajstić information content (AvgIpc) is 3.29. The van der Waals surface area contributed by atoms with Gasteiger partial charge in [-0.3, -0.25) is 9.10 Å². The van der Waals surface area contributed by atoms with E-state index in [0.717, 1.165) is 26.1 Å². The number of hydrogen-bond acceptors (Lipinski definition) is 6. The Balaban J connectivity index is 1.66. The monoisotopic (exact) mass is 541 g/mol. The highest BCUT2D eigenvalue weighted by Crippen LogP contribution is 2.31. The number of methoxy groups -OCH3 is 1. The first-order valence-electron chi connectivity index (χ1n) is 10.9. The highest BCUT2D eigenvalue weighted by atomic mass is 35.5. The van der Waals surface area contributed by atoms with E-state index in [0.29, 0.717) is 16.4 Å². The Morgan fingerprint density at radius 1 is 1.08 bits per heavy atom. The maximum absolute atomic E-state index is 13.8. The summed E-state index contributed by atoms with van der Waals surface area (Å²) in [4.78, 5) is 17.6. The maximum atomic E-state index is 13.8. The molecule has 4 aromatic rings. The molecule has 186 valence electrons. The van der Waals surface area contributed by atoms with Gasteiger partial charge in [0.2, 0.25) is 5.91 Å². The van der Waals surface area contributed by atoms with Crippen molar-refractivity contribution in [3.63, 3.8) is 0 Å². The van der Waals surface area contributed by atoms with Crippen LogP contribution in [0, 0.1) is 13.8 Å². The summed E-state index contributed by atoms with van der Waals surface area (Å²) in [5.74, 6) is -0.321. The van der Waals surface area contributed by atoms with Gasteiger partial charge in [0.1, 0.15) is 17.2 Å². The fraction of sp³-hybridized carbons (Fsp3) is 0.154. The van der Waals surface area contributed by atoms with E-state index in [1.807, 2.05) is 24.4 Å². The molecule has 1 amide bonds. The molecule has 3 aromatic carbocycles. The second kappa shape index (κ2) is 10.7. The maximum Gasteiger partial charge on any atom is 0.268 e. The Bertz CT molecular complexity index is 1500. The lowest BCUT2D eigenvalue weighted by Gasteiger charge is -2.25. The smallest absolute Gasteiger partial charge is 0.268 e. The molecule has 0 bridgehead atoms. The number of carbonyl (C=O) groups excluding carboxylic acids is 1. The van der Waals surface area contributed by atoms with Gasteiger partial charge in [0.25, 0.3) is 10.0 Å². The van der Waals surface area contributed by atoms with Crippen LogP contribution in [0.5, 0.6) is 5.75 Å². The fourth-order valence-corrected chi connectivity index (χ4v) is 6.02. The van der Waals surface area contributed by atoms with Crippen molar-refractivity contribution in [2.24, 2.45) is 0 Å². The number of amides is 1. The highest BCUT2D eigenvalue weighted by Gasteiger charge is 2.30. The first kappa shape index (κ1) is 25.7. The van der Waals surface area contributed by atoms with Crippen molar-refractivity contribution in [2.75, 3.05) is 23.3 Å². The van der Waals surface area contributed by atoms with Crippen LogP contribution >= 0.6 is 22.9 Å². The molecule has 1 N–H and O–H groups in total. The average molecular weight is 542 g/mol. The number of thiazole rings is 1. The summed E-state index contributed by atoms with van der Waals surface area (Å²) in [6, 6.07) is 18.4. The number of halogens is 1. The quantitative estimate of drug-likeness (QED) is 0.299. The summed E-state index contributed by atoms with van der Waals surface area (Å²) in [7, 11) is -2.77. The van der Waals surface area contributed by atoms with Gasteiger partial charge in [-0.15, -0.1) is 11.3 Å². The van der Waals surface area contributed by atoms with Crippen molar-refractivity contribution in [1.29, 1.82) is 0 Å². The number of ether oxygens (including phenoxy) is 1. The Morgan fingerprint density at radius 2 is 1.83 bits per heavy atom. The van der Waals surface area contributed by atoms with E-state index in [2.05, 4.69) is 10.3 Å².